The molecule has 1 aromatic heterocycles. The third kappa shape index (κ3) is 2.26. The molecule has 94 valence electrons. The van der Waals surface area contributed by atoms with Crippen molar-refractivity contribution in [3.8, 4) is 0 Å². The van der Waals surface area contributed by atoms with Crippen molar-refractivity contribution in [3.05, 3.63) is 39.4 Å². The SMILES string of the molecule is CC(C)CC(=O)n1c(=S)[nH]c2ccccc2c1=O. The van der Waals surface area contributed by atoms with Crippen LogP contribution < -0.4 is 5.56 Å². The second-order valence-electron chi connectivity index (χ2n) is 4.61. The van der Waals surface area contributed by atoms with Gasteiger partial charge in [-0.25, -0.2) is 4.57 Å². The Hall–Kier alpha value is -1.75. The molecule has 2 rings (SSSR count). The molecule has 0 aliphatic carbocycles. The summed E-state index contributed by atoms with van der Waals surface area (Å²) in [5, 5.41) is 0.475. The summed E-state index contributed by atoms with van der Waals surface area (Å²) in [5.74, 6) is -0.0766. The Morgan fingerprint density at radius 1 is 1.39 bits per heavy atom. The fourth-order valence-electron chi connectivity index (χ4n) is 1.83. The van der Waals surface area contributed by atoms with Gasteiger partial charge in [0, 0.05) is 6.42 Å². The van der Waals surface area contributed by atoms with Crippen molar-refractivity contribution in [3.63, 3.8) is 0 Å². The standard InChI is InChI=1S/C13H14N2O2S/c1-8(2)7-11(16)15-12(17)9-5-3-4-6-10(9)14-13(15)18/h3-6,8H,7H2,1-2H3,(H,14,18). The molecule has 0 amide bonds. The molecule has 0 fully saturated rings. The van der Waals surface area contributed by atoms with Crippen molar-refractivity contribution in [1.82, 2.24) is 9.55 Å². The monoisotopic (exact) mass is 262 g/mol. The second-order valence-corrected chi connectivity index (χ2v) is 4.99. The fraction of sp³-hybridized carbons (Fsp3) is 0.308. The summed E-state index contributed by atoms with van der Waals surface area (Å²) in [5.41, 5.74) is 0.307. The summed E-state index contributed by atoms with van der Waals surface area (Å²) in [4.78, 5) is 27.2. The quantitative estimate of drug-likeness (QED) is 0.847. The van der Waals surface area contributed by atoms with E-state index in [4.69, 9.17) is 12.2 Å². The van der Waals surface area contributed by atoms with Crippen molar-refractivity contribution in [2.75, 3.05) is 0 Å². The van der Waals surface area contributed by atoms with Gasteiger partial charge in [-0.3, -0.25) is 9.59 Å². The number of nitrogens with one attached hydrogen (secondary N) is 1. The molecule has 0 spiro atoms. The minimum Gasteiger partial charge on any atom is -0.331 e. The van der Waals surface area contributed by atoms with Crippen molar-refractivity contribution < 1.29 is 4.79 Å². The van der Waals surface area contributed by atoms with E-state index in [1.807, 2.05) is 19.9 Å². The molecule has 18 heavy (non-hydrogen) atoms. The number of benzene rings is 1. The molecule has 0 unspecified atom stereocenters. The molecule has 1 aromatic carbocycles. The number of aromatic amines is 1. The Bertz CT molecular complexity index is 713. The first-order valence-electron chi connectivity index (χ1n) is 5.78. The number of aromatic nitrogens is 2. The highest BCUT2D eigenvalue weighted by molar-refractivity contribution is 7.71. The summed E-state index contributed by atoms with van der Waals surface area (Å²) in [7, 11) is 0. The molecule has 0 aliphatic rings. The lowest BCUT2D eigenvalue weighted by Crippen LogP contribution is -2.29. The van der Waals surface area contributed by atoms with Crippen LogP contribution in [0.25, 0.3) is 10.9 Å². The maximum absolute atomic E-state index is 12.2. The third-order valence-corrected chi connectivity index (χ3v) is 2.92. The van der Waals surface area contributed by atoms with Gasteiger partial charge in [0.1, 0.15) is 0 Å². The van der Waals surface area contributed by atoms with Crippen LogP contribution in [0, 0.1) is 10.7 Å². The smallest absolute Gasteiger partial charge is 0.268 e. The number of nitrogens with zero attached hydrogens (tertiary/aromatic N) is 1. The van der Waals surface area contributed by atoms with Crippen LogP contribution in [0.2, 0.25) is 0 Å². The molecular weight excluding hydrogens is 248 g/mol. The average molecular weight is 262 g/mol. The largest absolute Gasteiger partial charge is 0.331 e. The van der Waals surface area contributed by atoms with Gasteiger partial charge in [-0.05, 0) is 30.3 Å². The van der Waals surface area contributed by atoms with Crippen LogP contribution in [0.3, 0.4) is 0 Å². The highest BCUT2D eigenvalue weighted by atomic mass is 32.1. The van der Waals surface area contributed by atoms with Gasteiger partial charge in [0.15, 0.2) is 4.77 Å². The number of rotatable bonds is 2. The average Bonchev–Trinajstić information content (AvgIpc) is 2.27. The number of carbonyl (C=O) groups is 1. The second kappa shape index (κ2) is 4.86. The fourth-order valence-corrected chi connectivity index (χ4v) is 2.12. The van der Waals surface area contributed by atoms with E-state index in [9.17, 15) is 9.59 Å². The predicted octanol–water partition coefficient (Wildman–Crippen LogP) is 2.75. The summed E-state index contributed by atoms with van der Waals surface area (Å²) < 4.78 is 1.21. The lowest BCUT2D eigenvalue weighted by Gasteiger charge is -2.08. The number of para-hydroxylation sites is 1. The van der Waals surface area contributed by atoms with E-state index in [0.717, 1.165) is 4.57 Å². The highest BCUT2D eigenvalue weighted by Gasteiger charge is 2.13. The summed E-state index contributed by atoms with van der Waals surface area (Å²) in [6.07, 6.45) is 0.301. The zero-order chi connectivity index (χ0) is 13.3. The number of fused-ring (bicyclic) bond motifs is 1. The first kappa shape index (κ1) is 12.7. The van der Waals surface area contributed by atoms with Gasteiger partial charge < -0.3 is 4.98 Å². The van der Waals surface area contributed by atoms with Crippen LogP contribution in [0.4, 0.5) is 0 Å². The van der Waals surface area contributed by atoms with Gasteiger partial charge in [0.25, 0.3) is 5.56 Å². The molecule has 1 heterocycles. The Kier molecular flexibility index (Phi) is 3.43. The van der Waals surface area contributed by atoms with E-state index in [1.54, 1.807) is 18.2 Å². The van der Waals surface area contributed by atoms with E-state index in [0.29, 0.717) is 17.3 Å². The molecule has 0 aliphatic heterocycles. The van der Waals surface area contributed by atoms with Gasteiger partial charge in [0.2, 0.25) is 5.91 Å². The Balaban J connectivity index is 2.69. The normalized spacial score (nSPS) is 11.1. The minimum absolute atomic E-state index is 0.157. The summed E-state index contributed by atoms with van der Waals surface area (Å²) in [6, 6.07) is 7.02. The topological polar surface area (TPSA) is 54.9 Å². The van der Waals surface area contributed by atoms with E-state index < -0.39 is 0 Å². The molecule has 0 bridgehead atoms. The molecule has 0 saturated carbocycles. The predicted molar refractivity (Wildman–Crippen MR) is 73.5 cm³/mol. The van der Waals surface area contributed by atoms with Crippen molar-refractivity contribution in [2.45, 2.75) is 20.3 Å². The van der Waals surface area contributed by atoms with Crippen molar-refractivity contribution in [1.29, 1.82) is 0 Å². The number of H-pyrrole nitrogens is 1. The molecule has 4 nitrogen and oxygen atoms in total. The first-order valence-corrected chi connectivity index (χ1v) is 6.19. The molecule has 1 N–H and O–H groups in total. The third-order valence-electron chi connectivity index (χ3n) is 2.64. The zero-order valence-electron chi connectivity index (χ0n) is 10.3. The van der Waals surface area contributed by atoms with Crippen molar-refractivity contribution >= 4 is 29.0 Å². The van der Waals surface area contributed by atoms with Crippen LogP contribution in [-0.4, -0.2) is 15.5 Å². The Morgan fingerprint density at radius 2 is 2.06 bits per heavy atom. The van der Waals surface area contributed by atoms with E-state index in [2.05, 4.69) is 4.98 Å². The first-order chi connectivity index (χ1) is 8.50. The number of carbonyl (C=O) groups excluding carboxylic acids is 1. The lowest BCUT2D eigenvalue weighted by molar-refractivity contribution is 0.0880. The zero-order valence-corrected chi connectivity index (χ0v) is 11.1. The maximum Gasteiger partial charge on any atom is 0.268 e. The molecule has 0 atom stereocenters. The molecule has 2 aromatic rings. The van der Waals surface area contributed by atoms with Gasteiger partial charge in [0.05, 0.1) is 10.9 Å². The van der Waals surface area contributed by atoms with Gasteiger partial charge in [-0.15, -0.1) is 0 Å². The summed E-state index contributed by atoms with van der Waals surface area (Å²) >= 11 is 5.08. The van der Waals surface area contributed by atoms with Crippen molar-refractivity contribution in [2.24, 2.45) is 5.92 Å². The van der Waals surface area contributed by atoms with Crippen LogP contribution in [0.1, 0.15) is 25.1 Å². The van der Waals surface area contributed by atoms with Gasteiger partial charge >= 0.3 is 0 Å². The van der Waals surface area contributed by atoms with Crippen LogP contribution >= 0.6 is 12.2 Å². The van der Waals surface area contributed by atoms with Crippen LogP contribution in [0.5, 0.6) is 0 Å². The Labute approximate surface area is 109 Å². The summed E-state index contributed by atoms with van der Waals surface area (Å²) in [6.45, 7) is 3.85. The lowest BCUT2D eigenvalue weighted by atomic mass is 10.1. The van der Waals surface area contributed by atoms with E-state index >= 15 is 0 Å². The van der Waals surface area contributed by atoms with E-state index in [-0.39, 0.29) is 22.2 Å². The van der Waals surface area contributed by atoms with Crippen LogP contribution in [0.15, 0.2) is 29.1 Å². The molecular formula is C13H14N2O2S. The Morgan fingerprint density at radius 3 is 2.72 bits per heavy atom. The molecule has 0 saturated heterocycles. The number of hydrogen-bond donors (Lipinski definition) is 1. The van der Waals surface area contributed by atoms with E-state index in [1.165, 1.54) is 0 Å². The minimum atomic E-state index is -0.347. The van der Waals surface area contributed by atoms with Gasteiger partial charge in [-0.1, -0.05) is 26.0 Å². The molecule has 0 radical (unpaired) electrons. The van der Waals surface area contributed by atoms with Gasteiger partial charge in [-0.2, -0.15) is 0 Å². The highest BCUT2D eigenvalue weighted by Crippen LogP contribution is 2.07. The number of hydrogen-bond acceptors (Lipinski definition) is 3. The van der Waals surface area contributed by atoms with Crippen LogP contribution in [-0.2, 0) is 0 Å². The maximum atomic E-state index is 12.2. The molecule has 5 heteroatoms.